The Morgan fingerprint density at radius 1 is 1.32 bits per heavy atom. The second-order valence-corrected chi connectivity index (χ2v) is 6.67. The van der Waals surface area contributed by atoms with Crippen molar-refractivity contribution in [2.24, 2.45) is 0 Å². The van der Waals surface area contributed by atoms with Gasteiger partial charge in [0.15, 0.2) is 15.6 Å². The van der Waals surface area contributed by atoms with Gasteiger partial charge in [-0.15, -0.1) is 0 Å². The highest BCUT2D eigenvalue weighted by molar-refractivity contribution is 7.92. The van der Waals surface area contributed by atoms with Crippen LogP contribution in [0.1, 0.15) is 22.3 Å². The molecule has 1 amide bonds. The van der Waals surface area contributed by atoms with Crippen LogP contribution in [-0.2, 0) is 14.6 Å². The lowest BCUT2D eigenvalue weighted by Crippen LogP contribution is -2.57. The molecule has 0 bridgehead atoms. The van der Waals surface area contributed by atoms with E-state index in [-0.39, 0.29) is 12.2 Å². The number of nitrogens with one attached hydrogen (secondary N) is 2. The van der Waals surface area contributed by atoms with Crippen molar-refractivity contribution < 1.29 is 18.0 Å². The van der Waals surface area contributed by atoms with Crippen molar-refractivity contribution in [2.45, 2.75) is 18.7 Å². The molecule has 1 unspecified atom stereocenters. The number of benzene rings is 1. The van der Waals surface area contributed by atoms with E-state index >= 15 is 0 Å². The van der Waals surface area contributed by atoms with Crippen LogP contribution >= 0.6 is 0 Å². The lowest BCUT2D eigenvalue weighted by molar-refractivity contribution is -0.120. The number of hydrogen-bond donors (Lipinski definition) is 2. The number of hydrazine groups is 1. The van der Waals surface area contributed by atoms with Crippen LogP contribution in [0.15, 0.2) is 24.3 Å². The standard InChI is InChI=1S/C12H14N2O4S/c1-8-2-4-9(5-3-8)10(15)6-12-14-13-11(16)7-19(12,17)18/h2-5,12,14H,6-7H2,1H3,(H,13,16). The van der Waals surface area contributed by atoms with Crippen LogP contribution in [0.25, 0.3) is 0 Å². The zero-order chi connectivity index (χ0) is 14.0. The van der Waals surface area contributed by atoms with E-state index in [2.05, 4.69) is 10.9 Å². The van der Waals surface area contributed by atoms with E-state index < -0.39 is 26.9 Å². The lowest BCUT2D eigenvalue weighted by atomic mass is 10.1. The third-order valence-electron chi connectivity index (χ3n) is 2.88. The number of amides is 1. The number of carbonyl (C=O) groups excluding carboxylic acids is 2. The molecule has 0 aromatic heterocycles. The average Bonchev–Trinajstić information content (AvgIpc) is 2.33. The first-order valence-corrected chi connectivity index (χ1v) is 7.46. The number of carbonyl (C=O) groups is 2. The van der Waals surface area contributed by atoms with Gasteiger partial charge in [-0.3, -0.25) is 15.0 Å². The minimum atomic E-state index is -3.63. The molecule has 0 aliphatic carbocycles. The van der Waals surface area contributed by atoms with Crippen molar-refractivity contribution in [3.8, 4) is 0 Å². The summed E-state index contributed by atoms with van der Waals surface area (Å²) in [7, 11) is -3.63. The Bertz CT molecular complexity index is 607. The lowest BCUT2D eigenvalue weighted by Gasteiger charge is -2.23. The maximum atomic E-state index is 12.0. The Kier molecular flexibility index (Phi) is 3.68. The molecule has 1 aliphatic rings. The Morgan fingerprint density at radius 3 is 2.53 bits per heavy atom. The van der Waals surface area contributed by atoms with E-state index in [4.69, 9.17) is 0 Å². The fourth-order valence-electron chi connectivity index (χ4n) is 1.77. The maximum Gasteiger partial charge on any atom is 0.249 e. The largest absolute Gasteiger partial charge is 0.294 e. The first-order chi connectivity index (χ1) is 8.88. The summed E-state index contributed by atoms with van der Waals surface area (Å²) in [5, 5.41) is -1.07. The molecule has 2 N–H and O–H groups in total. The summed E-state index contributed by atoms with van der Waals surface area (Å²) in [6.07, 6.45) is -0.203. The summed E-state index contributed by atoms with van der Waals surface area (Å²) in [4.78, 5) is 23.0. The zero-order valence-corrected chi connectivity index (χ0v) is 11.2. The quantitative estimate of drug-likeness (QED) is 0.758. The molecule has 0 radical (unpaired) electrons. The first-order valence-electron chi connectivity index (χ1n) is 5.74. The second-order valence-electron chi connectivity index (χ2n) is 4.48. The minimum absolute atomic E-state index is 0.203. The normalized spacial score (nSPS) is 21.7. The van der Waals surface area contributed by atoms with Crippen molar-refractivity contribution in [3.05, 3.63) is 35.4 Å². The summed E-state index contributed by atoms with van der Waals surface area (Å²) in [6.45, 7) is 1.90. The Labute approximate surface area is 111 Å². The topological polar surface area (TPSA) is 92.3 Å². The molecule has 102 valence electrons. The molecule has 1 fully saturated rings. The molecule has 2 rings (SSSR count). The fourth-order valence-corrected chi connectivity index (χ4v) is 3.06. The fraction of sp³-hybridized carbons (Fsp3) is 0.333. The van der Waals surface area contributed by atoms with Crippen molar-refractivity contribution >= 4 is 21.5 Å². The van der Waals surface area contributed by atoms with Gasteiger partial charge in [-0.25, -0.2) is 13.8 Å². The van der Waals surface area contributed by atoms with E-state index in [0.717, 1.165) is 5.56 Å². The summed E-state index contributed by atoms with van der Waals surface area (Å²) in [5.74, 6) is -1.48. The molecule has 0 spiro atoms. The van der Waals surface area contributed by atoms with Gasteiger partial charge in [-0.2, -0.15) is 0 Å². The van der Waals surface area contributed by atoms with Gasteiger partial charge in [-0.05, 0) is 6.92 Å². The SMILES string of the molecule is Cc1ccc(C(=O)CC2NNC(=O)CS2(=O)=O)cc1. The van der Waals surface area contributed by atoms with Gasteiger partial charge in [0.1, 0.15) is 11.1 Å². The maximum absolute atomic E-state index is 12.0. The monoisotopic (exact) mass is 282 g/mol. The molecule has 0 saturated carbocycles. The van der Waals surface area contributed by atoms with Crippen molar-refractivity contribution in [1.29, 1.82) is 0 Å². The van der Waals surface area contributed by atoms with E-state index in [1.165, 1.54) is 0 Å². The second kappa shape index (κ2) is 5.10. The van der Waals surface area contributed by atoms with Gasteiger partial charge in [0, 0.05) is 12.0 Å². The molecule has 1 aromatic carbocycles. The molecule has 19 heavy (non-hydrogen) atoms. The number of aryl methyl sites for hydroxylation is 1. The number of sulfone groups is 1. The predicted octanol–water partition coefficient (Wildman–Crippen LogP) is -0.0569. The van der Waals surface area contributed by atoms with Crippen LogP contribution in [0.2, 0.25) is 0 Å². The number of rotatable bonds is 3. The Balaban J connectivity index is 2.11. The summed E-state index contributed by atoms with van der Waals surface area (Å²) < 4.78 is 23.5. The molecule has 7 heteroatoms. The zero-order valence-electron chi connectivity index (χ0n) is 10.3. The summed E-state index contributed by atoms with van der Waals surface area (Å²) in [6, 6.07) is 6.90. The van der Waals surface area contributed by atoms with Gasteiger partial charge in [0.05, 0.1) is 0 Å². The summed E-state index contributed by atoms with van der Waals surface area (Å²) >= 11 is 0. The molecule has 1 heterocycles. The molecular weight excluding hydrogens is 268 g/mol. The van der Waals surface area contributed by atoms with Crippen LogP contribution in [0.3, 0.4) is 0 Å². The van der Waals surface area contributed by atoms with E-state index in [0.29, 0.717) is 5.56 Å². The van der Waals surface area contributed by atoms with Gasteiger partial charge in [-0.1, -0.05) is 29.8 Å². The Morgan fingerprint density at radius 2 is 1.95 bits per heavy atom. The molecule has 1 aromatic rings. The molecule has 6 nitrogen and oxygen atoms in total. The Hall–Kier alpha value is -1.73. The van der Waals surface area contributed by atoms with Gasteiger partial charge >= 0.3 is 0 Å². The first kappa shape index (κ1) is 13.7. The number of ketones is 1. The van der Waals surface area contributed by atoms with Crippen LogP contribution < -0.4 is 10.9 Å². The van der Waals surface area contributed by atoms with Crippen molar-refractivity contribution in [3.63, 3.8) is 0 Å². The van der Waals surface area contributed by atoms with Gasteiger partial charge < -0.3 is 0 Å². The molecule has 1 atom stereocenters. The molecule has 1 saturated heterocycles. The average molecular weight is 282 g/mol. The van der Waals surface area contributed by atoms with Crippen LogP contribution in [0.4, 0.5) is 0 Å². The van der Waals surface area contributed by atoms with Crippen molar-refractivity contribution in [2.75, 3.05) is 5.75 Å². The van der Waals surface area contributed by atoms with E-state index in [9.17, 15) is 18.0 Å². The highest BCUT2D eigenvalue weighted by atomic mass is 32.2. The summed E-state index contributed by atoms with van der Waals surface area (Å²) in [5.41, 5.74) is 6.07. The molecule has 1 aliphatic heterocycles. The highest BCUT2D eigenvalue weighted by Gasteiger charge is 2.34. The molecular formula is C12H14N2O4S. The van der Waals surface area contributed by atoms with Gasteiger partial charge in [0.2, 0.25) is 5.91 Å². The van der Waals surface area contributed by atoms with E-state index in [1.54, 1.807) is 24.3 Å². The number of Topliss-reactive ketones (excluding diaryl/α,β-unsaturated/α-hetero) is 1. The van der Waals surface area contributed by atoms with Crippen LogP contribution in [-0.4, -0.2) is 31.2 Å². The van der Waals surface area contributed by atoms with Gasteiger partial charge in [0.25, 0.3) is 0 Å². The predicted molar refractivity (Wildman–Crippen MR) is 69.0 cm³/mol. The van der Waals surface area contributed by atoms with E-state index in [1.807, 2.05) is 6.92 Å². The third kappa shape index (κ3) is 3.18. The van der Waals surface area contributed by atoms with Crippen LogP contribution in [0, 0.1) is 6.92 Å². The number of hydrogen-bond acceptors (Lipinski definition) is 5. The van der Waals surface area contributed by atoms with Crippen LogP contribution in [0.5, 0.6) is 0 Å². The minimum Gasteiger partial charge on any atom is -0.294 e. The third-order valence-corrected chi connectivity index (χ3v) is 4.70. The smallest absolute Gasteiger partial charge is 0.249 e. The van der Waals surface area contributed by atoms with Crippen molar-refractivity contribution in [1.82, 2.24) is 10.9 Å². The highest BCUT2D eigenvalue weighted by Crippen LogP contribution is 2.13.